The summed E-state index contributed by atoms with van der Waals surface area (Å²) >= 11 is 0. The van der Waals surface area contributed by atoms with Crippen LogP contribution in [0.5, 0.6) is 0 Å². The van der Waals surface area contributed by atoms with Crippen LogP contribution in [0, 0.1) is 50.6 Å². The lowest BCUT2D eigenvalue weighted by atomic mass is 9.90. The van der Waals surface area contributed by atoms with Crippen LogP contribution < -0.4 is 0 Å². The van der Waals surface area contributed by atoms with Crippen molar-refractivity contribution in [1.29, 1.82) is 0 Å². The largest absolute Gasteiger partial charge is 0.457 e. The number of nitro benzene ring substituents is 1. The Balaban J connectivity index is 2.27. The van der Waals surface area contributed by atoms with Crippen LogP contribution in [0.15, 0.2) is 18.2 Å². The number of rotatable bonds is 4. The zero-order valence-electron chi connectivity index (χ0n) is 14.9. The minimum atomic E-state index is -0.988. The predicted octanol–water partition coefficient (Wildman–Crippen LogP) is 4.63. The lowest BCUT2D eigenvalue weighted by Crippen LogP contribution is -2.10. The van der Waals surface area contributed by atoms with Crippen LogP contribution in [0.4, 0.5) is 10.1 Å². The van der Waals surface area contributed by atoms with E-state index in [1.807, 2.05) is 27.7 Å². The van der Waals surface area contributed by atoms with Gasteiger partial charge in [-0.25, -0.2) is 4.79 Å². The number of nitrogens with zero attached hydrogens (tertiary/aromatic N) is 1. The molecule has 5 nitrogen and oxygen atoms in total. The molecule has 0 unspecified atom stereocenters. The highest BCUT2D eigenvalue weighted by Gasteiger charge is 2.19. The van der Waals surface area contributed by atoms with Gasteiger partial charge in [0.1, 0.15) is 6.61 Å². The van der Waals surface area contributed by atoms with Crippen molar-refractivity contribution in [2.24, 2.45) is 0 Å². The van der Waals surface area contributed by atoms with E-state index in [2.05, 4.69) is 6.92 Å². The van der Waals surface area contributed by atoms with E-state index in [4.69, 9.17) is 4.74 Å². The molecule has 6 heteroatoms. The molecule has 0 amide bonds. The molecule has 0 saturated heterocycles. The third-order valence-corrected chi connectivity index (χ3v) is 4.88. The number of nitro groups is 1. The van der Waals surface area contributed by atoms with E-state index in [9.17, 15) is 19.3 Å². The number of hydrogen-bond donors (Lipinski definition) is 0. The lowest BCUT2D eigenvalue weighted by Gasteiger charge is -2.18. The molecule has 0 aliphatic carbocycles. The van der Waals surface area contributed by atoms with Crippen LogP contribution in [0.1, 0.15) is 43.7 Å². The number of halogens is 1. The average Bonchev–Trinajstić information content (AvgIpc) is 2.58. The van der Waals surface area contributed by atoms with Gasteiger partial charge in [0, 0.05) is 6.07 Å². The molecule has 0 heterocycles. The summed E-state index contributed by atoms with van der Waals surface area (Å²) < 4.78 is 18.7. The molecule has 25 heavy (non-hydrogen) atoms. The minimum Gasteiger partial charge on any atom is -0.457 e. The molecule has 0 spiro atoms. The van der Waals surface area contributed by atoms with E-state index in [0.717, 1.165) is 39.9 Å². The van der Waals surface area contributed by atoms with E-state index < -0.39 is 22.4 Å². The first-order valence-electron chi connectivity index (χ1n) is 7.82. The van der Waals surface area contributed by atoms with Crippen LogP contribution in [0.2, 0.25) is 0 Å². The zero-order valence-corrected chi connectivity index (χ0v) is 14.9. The summed E-state index contributed by atoms with van der Waals surface area (Å²) in [7, 11) is 0. The van der Waals surface area contributed by atoms with E-state index in [-0.39, 0.29) is 12.2 Å². The van der Waals surface area contributed by atoms with E-state index in [1.54, 1.807) is 0 Å². The maximum atomic E-state index is 13.4. The second-order valence-corrected chi connectivity index (χ2v) is 6.10. The highest BCUT2D eigenvalue weighted by Crippen LogP contribution is 2.27. The standard InChI is InChI=1S/C19H20FNO4/c1-10-11(2)13(4)16(14(5)12(10)3)9-25-19(22)15-6-7-17(20)18(8-15)21(23)24/h6-8H,9H2,1-5H3/i20-1. The Bertz CT molecular complexity index is 845. The highest BCUT2D eigenvalue weighted by atomic mass is 18.2. The second-order valence-electron chi connectivity index (χ2n) is 6.10. The number of carbonyl (C=O) groups is 1. The van der Waals surface area contributed by atoms with Gasteiger partial charge < -0.3 is 4.74 Å². The fourth-order valence-electron chi connectivity index (χ4n) is 2.79. The van der Waals surface area contributed by atoms with Crippen molar-refractivity contribution in [2.75, 3.05) is 0 Å². The summed E-state index contributed by atoms with van der Waals surface area (Å²) in [6, 6.07) is 2.96. The summed E-state index contributed by atoms with van der Waals surface area (Å²) in [5.41, 5.74) is 5.73. The molecule has 0 aliphatic rings. The fourth-order valence-corrected chi connectivity index (χ4v) is 2.79. The molecule has 2 aromatic rings. The highest BCUT2D eigenvalue weighted by molar-refractivity contribution is 5.90. The minimum absolute atomic E-state index is 0.0519. The van der Waals surface area contributed by atoms with Gasteiger partial charge in [-0.3, -0.25) is 10.1 Å². The summed E-state index contributed by atoms with van der Waals surface area (Å²) in [5.74, 6) is -1.71. The maximum absolute atomic E-state index is 13.4. The fraction of sp³-hybridized carbons (Fsp3) is 0.316. The number of esters is 1. The topological polar surface area (TPSA) is 69.4 Å². The van der Waals surface area contributed by atoms with Gasteiger partial charge >= 0.3 is 11.7 Å². The molecule has 2 aromatic carbocycles. The van der Waals surface area contributed by atoms with Crippen molar-refractivity contribution in [3.8, 4) is 0 Å². The Hall–Kier alpha value is -2.76. The molecule has 0 N–H and O–H groups in total. The van der Waals surface area contributed by atoms with Gasteiger partial charge in [0.05, 0.1) is 10.5 Å². The Morgan fingerprint density at radius 2 is 1.56 bits per heavy atom. The molecule has 2 rings (SSSR count). The van der Waals surface area contributed by atoms with Crippen molar-refractivity contribution in [3.05, 3.63) is 73.1 Å². The van der Waals surface area contributed by atoms with Crippen LogP contribution >= 0.6 is 0 Å². The van der Waals surface area contributed by atoms with Gasteiger partial charge in [-0.05, 0) is 80.1 Å². The normalized spacial score (nSPS) is 10.6. The van der Waals surface area contributed by atoms with Crippen LogP contribution in [0.25, 0.3) is 0 Å². The van der Waals surface area contributed by atoms with Gasteiger partial charge in [0.2, 0.25) is 5.82 Å². The van der Waals surface area contributed by atoms with Crippen molar-refractivity contribution in [1.82, 2.24) is 0 Å². The average molecular weight is 344 g/mol. The third kappa shape index (κ3) is 3.52. The molecule has 132 valence electrons. The van der Waals surface area contributed by atoms with Crippen molar-refractivity contribution < 1.29 is 18.8 Å². The Morgan fingerprint density at radius 3 is 2.08 bits per heavy atom. The molecular formula is C19H20FNO4. The summed E-state index contributed by atoms with van der Waals surface area (Å²) in [4.78, 5) is 22.1. The quantitative estimate of drug-likeness (QED) is 0.460. The lowest BCUT2D eigenvalue weighted by molar-refractivity contribution is -0.387. The Kier molecular flexibility index (Phi) is 5.21. The van der Waals surface area contributed by atoms with E-state index in [1.165, 1.54) is 11.6 Å². The van der Waals surface area contributed by atoms with Crippen LogP contribution in [-0.4, -0.2) is 10.9 Å². The Labute approximate surface area is 145 Å². The summed E-state index contributed by atoms with van der Waals surface area (Å²) in [6.45, 7) is 10.1. The molecule has 0 saturated carbocycles. The van der Waals surface area contributed by atoms with E-state index in [0.29, 0.717) is 0 Å². The van der Waals surface area contributed by atoms with Gasteiger partial charge in [0.25, 0.3) is 0 Å². The van der Waals surface area contributed by atoms with Gasteiger partial charge in [-0.2, -0.15) is 4.39 Å². The molecular weight excluding hydrogens is 324 g/mol. The second kappa shape index (κ2) is 7.01. The monoisotopic (exact) mass is 344 g/mol. The smallest absolute Gasteiger partial charge is 0.338 e. The van der Waals surface area contributed by atoms with Crippen LogP contribution in [-0.2, 0) is 11.3 Å². The van der Waals surface area contributed by atoms with Gasteiger partial charge in [0.15, 0.2) is 0 Å². The maximum Gasteiger partial charge on any atom is 0.338 e. The SMILES string of the molecule is Cc1c(C)c(C)c(COC(=O)c2ccc([18F])c([N+](=O)[O-])c2)c(C)c1C. The number of benzene rings is 2. The zero-order chi connectivity index (χ0) is 18.9. The first-order chi connectivity index (χ1) is 11.6. The summed E-state index contributed by atoms with van der Waals surface area (Å²) in [5, 5.41) is 10.8. The molecule has 0 radical (unpaired) electrons. The number of carbonyl (C=O) groups excluding carboxylic acids is 1. The molecule has 0 fully saturated rings. The van der Waals surface area contributed by atoms with Crippen molar-refractivity contribution in [3.63, 3.8) is 0 Å². The van der Waals surface area contributed by atoms with Crippen LogP contribution in [0.3, 0.4) is 0 Å². The predicted molar refractivity (Wildman–Crippen MR) is 92.3 cm³/mol. The molecule has 0 aliphatic heterocycles. The van der Waals surface area contributed by atoms with E-state index >= 15 is 0 Å². The van der Waals surface area contributed by atoms with Gasteiger partial charge in [-0.1, -0.05) is 0 Å². The molecule has 0 atom stereocenters. The Morgan fingerprint density at radius 1 is 1.04 bits per heavy atom. The third-order valence-electron chi connectivity index (χ3n) is 4.88. The number of hydrogen-bond acceptors (Lipinski definition) is 4. The number of ether oxygens (including phenoxy) is 1. The van der Waals surface area contributed by atoms with Gasteiger partial charge in [-0.15, -0.1) is 0 Å². The first-order valence-corrected chi connectivity index (χ1v) is 7.82. The van der Waals surface area contributed by atoms with Crippen molar-refractivity contribution in [2.45, 2.75) is 41.2 Å². The first kappa shape index (κ1) is 18.6. The molecule has 0 bridgehead atoms. The summed E-state index contributed by atoms with van der Waals surface area (Å²) in [6.07, 6.45) is 0. The molecule has 0 aromatic heterocycles. The van der Waals surface area contributed by atoms with Crippen molar-refractivity contribution >= 4 is 11.7 Å².